The van der Waals surface area contributed by atoms with E-state index < -0.39 is 0 Å². The summed E-state index contributed by atoms with van der Waals surface area (Å²) >= 11 is 0. The maximum absolute atomic E-state index is 11.6. The normalized spacial score (nSPS) is 16.1. The number of hydrogen-bond acceptors (Lipinski definition) is 4. The first-order chi connectivity index (χ1) is 8.22. The van der Waals surface area contributed by atoms with Gasteiger partial charge >= 0.3 is 5.69 Å². The smallest absolute Gasteiger partial charge is 0.345 e. The Bertz CT molecular complexity index is 424. The highest BCUT2D eigenvalue weighted by Gasteiger charge is 2.20. The second-order valence-electron chi connectivity index (χ2n) is 4.53. The number of unbranched alkanes of at least 4 members (excludes halogenated alkanes) is 2. The number of aliphatic hydroxyl groups excluding tert-OH is 1. The van der Waals surface area contributed by atoms with Gasteiger partial charge in [-0.05, 0) is 25.8 Å². The van der Waals surface area contributed by atoms with Crippen LogP contribution in [0, 0.1) is 0 Å². The number of aromatic nitrogens is 3. The van der Waals surface area contributed by atoms with Crippen molar-refractivity contribution in [3.05, 3.63) is 16.3 Å². The Kier molecular flexibility index (Phi) is 3.96. The molecule has 0 saturated carbocycles. The molecule has 1 aromatic rings. The fourth-order valence-corrected chi connectivity index (χ4v) is 2.23. The summed E-state index contributed by atoms with van der Waals surface area (Å²) in [5.41, 5.74) is -0.0140. The molecular formula is C11H20N4O2. The van der Waals surface area contributed by atoms with Crippen LogP contribution in [0.2, 0.25) is 0 Å². The number of rotatable bonds is 5. The van der Waals surface area contributed by atoms with Gasteiger partial charge in [0.05, 0.1) is 6.54 Å². The molecule has 6 nitrogen and oxygen atoms in total. The molecule has 2 rings (SSSR count). The van der Waals surface area contributed by atoms with Gasteiger partial charge in [0.15, 0.2) is 0 Å². The van der Waals surface area contributed by atoms with E-state index in [-0.39, 0.29) is 12.3 Å². The van der Waals surface area contributed by atoms with Crippen molar-refractivity contribution >= 4 is 0 Å². The molecule has 0 amide bonds. The average Bonchev–Trinajstić information content (AvgIpc) is 2.61. The van der Waals surface area contributed by atoms with Crippen molar-refractivity contribution < 1.29 is 5.11 Å². The van der Waals surface area contributed by atoms with Crippen molar-refractivity contribution in [1.29, 1.82) is 0 Å². The summed E-state index contributed by atoms with van der Waals surface area (Å²) in [6.45, 7) is 3.71. The van der Waals surface area contributed by atoms with Crippen molar-refractivity contribution in [1.82, 2.24) is 19.2 Å². The molecule has 1 aliphatic heterocycles. The third-order valence-corrected chi connectivity index (χ3v) is 3.22. The summed E-state index contributed by atoms with van der Waals surface area (Å²) in [6.07, 6.45) is 3.03. The summed E-state index contributed by atoms with van der Waals surface area (Å²) in [4.78, 5) is 14.0. The van der Waals surface area contributed by atoms with Crippen LogP contribution in [-0.2, 0) is 20.1 Å². The second kappa shape index (κ2) is 5.46. The first-order valence-electron chi connectivity index (χ1n) is 6.18. The minimum absolute atomic E-state index is 0.0140. The minimum Gasteiger partial charge on any atom is -0.396 e. The van der Waals surface area contributed by atoms with E-state index in [4.69, 9.17) is 5.11 Å². The molecule has 6 heteroatoms. The zero-order valence-corrected chi connectivity index (χ0v) is 10.3. The van der Waals surface area contributed by atoms with E-state index in [9.17, 15) is 4.79 Å². The molecule has 0 fully saturated rings. The fourth-order valence-electron chi connectivity index (χ4n) is 2.23. The van der Waals surface area contributed by atoms with Crippen LogP contribution < -0.4 is 5.69 Å². The van der Waals surface area contributed by atoms with Gasteiger partial charge in [0.25, 0.3) is 0 Å². The Balaban J connectivity index is 1.88. The Morgan fingerprint density at radius 3 is 2.88 bits per heavy atom. The molecule has 0 unspecified atom stereocenters. The number of aryl methyl sites for hydroxylation is 1. The lowest BCUT2D eigenvalue weighted by atomic mass is 10.2. The van der Waals surface area contributed by atoms with Crippen LogP contribution in [-0.4, -0.2) is 44.1 Å². The van der Waals surface area contributed by atoms with Gasteiger partial charge in [-0.1, -0.05) is 0 Å². The van der Waals surface area contributed by atoms with Crippen LogP contribution in [0.1, 0.15) is 25.1 Å². The van der Waals surface area contributed by atoms with E-state index in [1.165, 1.54) is 4.68 Å². The van der Waals surface area contributed by atoms with Gasteiger partial charge in [0.2, 0.25) is 0 Å². The standard InChI is InChI=1S/C11H20N4O2/c1-13-11(17)15-7-6-14(9-10(15)12-13)5-3-2-4-8-16/h16H,2-9H2,1H3. The minimum atomic E-state index is -0.0140. The van der Waals surface area contributed by atoms with E-state index >= 15 is 0 Å². The van der Waals surface area contributed by atoms with Crippen LogP contribution in [0.15, 0.2) is 4.79 Å². The zero-order valence-electron chi connectivity index (χ0n) is 10.3. The van der Waals surface area contributed by atoms with Crippen molar-refractivity contribution in [2.45, 2.75) is 32.4 Å². The second-order valence-corrected chi connectivity index (χ2v) is 4.53. The third-order valence-electron chi connectivity index (χ3n) is 3.22. The molecular weight excluding hydrogens is 220 g/mol. The molecule has 0 bridgehead atoms. The van der Waals surface area contributed by atoms with E-state index in [2.05, 4.69) is 10.00 Å². The van der Waals surface area contributed by atoms with Crippen LogP contribution in [0.5, 0.6) is 0 Å². The molecule has 0 aliphatic carbocycles. The lowest BCUT2D eigenvalue weighted by molar-refractivity contribution is 0.207. The molecule has 1 aromatic heterocycles. The van der Waals surface area contributed by atoms with Crippen molar-refractivity contribution in [2.75, 3.05) is 19.7 Å². The van der Waals surface area contributed by atoms with Crippen LogP contribution in [0.25, 0.3) is 0 Å². The first kappa shape index (κ1) is 12.3. The van der Waals surface area contributed by atoms with Gasteiger partial charge in [-0.25, -0.2) is 9.48 Å². The van der Waals surface area contributed by atoms with Gasteiger partial charge in [-0.3, -0.25) is 9.47 Å². The zero-order chi connectivity index (χ0) is 12.3. The summed E-state index contributed by atoms with van der Waals surface area (Å²) in [5.74, 6) is 0.867. The molecule has 0 aromatic carbocycles. The highest BCUT2D eigenvalue weighted by atomic mass is 16.2. The Morgan fingerprint density at radius 1 is 1.29 bits per heavy atom. The summed E-state index contributed by atoms with van der Waals surface area (Å²) in [5, 5.41) is 12.9. The van der Waals surface area contributed by atoms with Gasteiger partial charge in [-0.2, -0.15) is 5.10 Å². The van der Waals surface area contributed by atoms with Crippen molar-refractivity contribution in [3.8, 4) is 0 Å². The maximum atomic E-state index is 11.6. The summed E-state index contributed by atoms with van der Waals surface area (Å²) in [7, 11) is 1.69. The van der Waals surface area contributed by atoms with Gasteiger partial charge in [0, 0.05) is 26.7 Å². The number of hydrogen-bond donors (Lipinski definition) is 1. The van der Waals surface area contributed by atoms with Crippen molar-refractivity contribution in [2.24, 2.45) is 7.05 Å². The molecule has 2 heterocycles. The van der Waals surface area contributed by atoms with Crippen LogP contribution >= 0.6 is 0 Å². The lowest BCUT2D eigenvalue weighted by Crippen LogP contribution is -2.37. The average molecular weight is 240 g/mol. The van der Waals surface area contributed by atoms with Gasteiger partial charge < -0.3 is 5.11 Å². The molecule has 0 saturated heterocycles. The van der Waals surface area contributed by atoms with E-state index in [1.54, 1.807) is 11.6 Å². The van der Waals surface area contributed by atoms with E-state index in [1.807, 2.05) is 0 Å². The SMILES string of the molecule is Cn1nc2n(c1=O)CCN(CCCCCO)C2. The highest BCUT2D eigenvalue weighted by molar-refractivity contribution is 4.91. The van der Waals surface area contributed by atoms with Crippen LogP contribution in [0.4, 0.5) is 0 Å². The fraction of sp³-hybridized carbons (Fsp3) is 0.818. The molecule has 1 aliphatic rings. The highest BCUT2D eigenvalue weighted by Crippen LogP contribution is 2.09. The molecule has 0 atom stereocenters. The number of nitrogens with zero attached hydrogens (tertiary/aromatic N) is 4. The Hall–Kier alpha value is -1.14. The van der Waals surface area contributed by atoms with Gasteiger partial charge in [0.1, 0.15) is 5.82 Å². The lowest BCUT2D eigenvalue weighted by Gasteiger charge is -2.26. The number of fused-ring (bicyclic) bond motifs is 1. The largest absolute Gasteiger partial charge is 0.396 e. The van der Waals surface area contributed by atoms with Crippen molar-refractivity contribution in [3.63, 3.8) is 0 Å². The Morgan fingerprint density at radius 2 is 2.12 bits per heavy atom. The molecule has 1 N–H and O–H groups in total. The first-order valence-corrected chi connectivity index (χ1v) is 6.18. The summed E-state index contributed by atoms with van der Waals surface area (Å²) < 4.78 is 3.16. The molecule has 17 heavy (non-hydrogen) atoms. The predicted molar refractivity (Wildman–Crippen MR) is 63.7 cm³/mol. The monoisotopic (exact) mass is 240 g/mol. The number of aliphatic hydroxyl groups is 1. The molecule has 0 spiro atoms. The summed E-state index contributed by atoms with van der Waals surface area (Å²) in [6, 6.07) is 0. The maximum Gasteiger partial charge on any atom is 0.345 e. The predicted octanol–water partition coefficient (Wildman–Crippen LogP) is -0.440. The van der Waals surface area contributed by atoms with E-state index in [0.29, 0.717) is 0 Å². The van der Waals surface area contributed by atoms with E-state index in [0.717, 1.165) is 51.3 Å². The Labute approximate surface area is 100 Å². The molecule has 0 radical (unpaired) electrons. The molecule has 96 valence electrons. The third kappa shape index (κ3) is 2.76. The topological polar surface area (TPSA) is 63.3 Å². The van der Waals surface area contributed by atoms with Gasteiger partial charge in [-0.15, -0.1) is 0 Å². The quantitative estimate of drug-likeness (QED) is 0.709. The van der Waals surface area contributed by atoms with Crippen LogP contribution in [0.3, 0.4) is 0 Å².